The second-order valence-electron chi connectivity index (χ2n) is 6.67. The van der Waals surface area contributed by atoms with Crippen molar-refractivity contribution in [2.75, 3.05) is 0 Å². The number of hydrogen-bond donors (Lipinski definition) is 0. The number of aryl methyl sites for hydroxylation is 1. The summed E-state index contributed by atoms with van der Waals surface area (Å²) < 4.78 is 0. The summed E-state index contributed by atoms with van der Waals surface area (Å²) in [6.07, 6.45) is 10.9. The van der Waals surface area contributed by atoms with Gasteiger partial charge in [0.05, 0.1) is 0 Å². The second-order valence-corrected chi connectivity index (χ2v) is 6.67. The van der Waals surface area contributed by atoms with Crippen molar-refractivity contribution >= 4 is 5.78 Å². The minimum Gasteiger partial charge on any atom is -0.294 e. The zero-order chi connectivity index (χ0) is 15.1. The van der Waals surface area contributed by atoms with Crippen molar-refractivity contribution in [1.29, 1.82) is 0 Å². The first kappa shape index (κ1) is 16.3. The van der Waals surface area contributed by atoms with Crippen LogP contribution in [0.5, 0.6) is 0 Å². The van der Waals surface area contributed by atoms with Gasteiger partial charge in [0.15, 0.2) is 5.78 Å². The standard InChI is InChI=1S/C20H30O/c1-3-5-8-16-11-13-18(14-12-16)20(21)19-10-6-9-17(15-19)7-4-2/h6,9-10,15-16,18H,3-5,7-8,11-14H2,1-2H3. The molecule has 1 nitrogen and oxygen atoms in total. The lowest BCUT2D eigenvalue weighted by atomic mass is 9.77. The van der Waals surface area contributed by atoms with E-state index in [1.54, 1.807) is 0 Å². The fourth-order valence-electron chi connectivity index (χ4n) is 3.61. The first-order valence-corrected chi connectivity index (χ1v) is 8.87. The Morgan fingerprint density at radius 2 is 1.86 bits per heavy atom. The molecular formula is C20H30O. The molecule has 0 heterocycles. The molecule has 1 aromatic rings. The molecule has 0 N–H and O–H groups in total. The van der Waals surface area contributed by atoms with E-state index in [1.165, 1.54) is 37.7 Å². The molecular weight excluding hydrogens is 256 g/mol. The van der Waals surface area contributed by atoms with Crippen LogP contribution in [0.1, 0.15) is 81.1 Å². The highest BCUT2D eigenvalue weighted by Gasteiger charge is 2.26. The van der Waals surface area contributed by atoms with Crippen LogP contribution in [0, 0.1) is 11.8 Å². The van der Waals surface area contributed by atoms with Gasteiger partial charge in [-0.25, -0.2) is 0 Å². The van der Waals surface area contributed by atoms with Gasteiger partial charge >= 0.3 is 0 Å². The number of carbonyl (C=O) groups excluding carboxylic acids is 1. The van der Waals surface area contributed by atoms with E-state index >= 15 is 0 Å². The number of benzene rings is 1. The predicted octanol–water partition coefficient (Wildman–Crippen LogP) is 5.82. The van der Waals surface area contributed by atoms with Crippen molar-refractivity contribution in [2.24, 2.45) is 11.8 Å². The van der Waals surface area contributed by atoms with Gasteiger partial charge in [0.25, 0.3) is 0 Å². The van der Waals surface area contributed by atoms with Gasteiger partial charge in [0.2, 0.25) is 0 Å². The Balaban J connectivity index is 1.91. The third-order valence-electron chi connectivity index (χ3n) is 4.93. The monoisotopic (exact) mass is 286 g/mol. The Labute approximate surface area is 130 Å². The van der Waals surface area contributed by atoms with Crippen LogP contribution in [0.2, 0.25) is 0 Å². The maximum Gasteiger partial charge on any atom is 0.165 e. The van der Waals surface area contributed by atoms with Crippen LogP contribution in [-0.2, 0) is 6.42 Å². The van der Waals surface area contributed by atoms with Gasteiger partial charge in [-0.2, -0.15) is 0 Å². The number of carbonyl (C=O) groups is 1. The summed E-state index contributed by atoms with van der Waals surface area (Å²) in [5.41, 5.74) is 2.25. The molecule has 0 bridgehead atoms. The Bertz CT molecular complexity index is 441. The summed E-state index contributed by atoms with van der Waals surface area (Å²) >= 11 is 0. The lowest BCUT2D eigenvalue weighted by Gasteiger charge is -2.27. The van der Waals surface area contributed by atoms with Gasteiger partial charge in [-0.05, 0) is 49.7 Å². The molecule has 2 rings (SSSR count). The predicted molar refractivity (Wildman–Crippen MR) is 89.7 cm³/mol. The number of hydrogen-bond acceptors (Lipinski definition) is 1. The Kier molecular flexibility index (Phi) is 6.48. The molecule has 0 aliphatic heterocycles. The number of unbranched alkanes of at least 4 members (excludes halogenated alkanes) is 1. The molecule has 21 heavy (non-hydrogen) atoms. The van der Waals surface area contributed by atoms with Crippen molar-refractivity contribution in [3.05, 3.63) is 35.4 Å². The van der Waals surface area contributed by atoms with Crippen LogP contribution in [0.15, 0.2) is 24.3 Å². The summed E-state index contributed by atoms with van der Waals surface area (Å²) in [4.78, 5) is 12.7. The molecule has 0 amide bonds. The lowest BCUT2D eigenvalue weighted by molar-refractivity contribution is 0.0869. The highest BCUT2D eigenvalue weighted by atomic mass is 16.1. The molecule has 0 aromatic heterocycles. The highest BCUT2D eigenvalue weighted by molar-refractivity contribution is 5.98. The van der Waals surface area contributed by atoms with Crippen LogP contribution < -0.4 is 0 Å². The van der Waals surface area contributed by atoms with Crippen molar-refractivity contribution in [1.82, 2.24) is 0 Å². The van der Waals surface area contributed by atoms with Gasteiger partial charge < -0.3 is 0 Å². The molecule has 116 valence electrons. The first-order chi connectivity index (χ1) is 10.2. The fourth-order valence-corrected chi connectivity index (χ4v) is 3.61. The largest absolute Gasteiger partial charge is 0.294 e. The van der Waals surface area contributed by atoms with E-state index in [4.69, 9.17) is 0 Å². The zero-order valence-corrected chi connectivity index (χ0v) is 13.7. The molecule has 0 atom stereocenters. The fraction of sp³-hybridized carbons (Fsp3) is 0.650. The molecule has 0 unspecified atom stereocenters. The SMILES string of the molecule is CCCCC1CCC(C(=O)c2cccc(CCC)c2)CC1. The Morgan fingerprint density at radius 1 is 1.10 bits per heavy atom. The molecule has 1 saturated carbocycles. The van der Waals surface area contributed by atoms with Crippen LogP contribution >= 0.6 is 0 Å². The van der Waals surface area contributed by atoms with Gasteiger partial charge in [0.1, 0.15) is 0 Å². The Hall–Kier alpha value is -1.11. The Morgan fingerprint density at radius 3 is 2.52 bits per heavy atom. The average molecular weight is 286 g/mol. The van der Waals surface area contributed by atoms with Gasteiger partial charge in [-0.3, -0.25) is 4.79 Å². The second kappa shape index (κ2) is 8.36. The van der Waals surface area contributed by atoms with Crippen molar-refractivity contribution < 1.29 is 4.79 Å². The lowest BCUT2D eigenvalue weighted by Crippen LogP contribution is -2.22. The molecule has 1 aliphatic rings. The van der Waals surface area contributed by atoms with E-state index in [1.807, 2.05) is 12.1 Å². The molecule has 0 spiro atoms. The maximum atomic E-state index is 12.7. The van der Waals surface area contributed by atoms with Crippen molar-refractivity contribution in [2.45, 2.75) is 71.6 Å². The first-order valence-electron chi connectivity index (χ1n) is 8.87. The zero-order valence-electron chi connectivity index (χ0n) is 13.7. The highest BCUT2D eigenvalue weighted by Crippen LogP contribution is 2.33. The normalized spacial score (nSPS) is 22.2. The summed E-state index contributed by atoms with van der Waals surface area (Å²) in [5.74, 6) is 1.54. The summed E-state index contributed by atoms with van der Waals surface area (Å²) in [6, 6.07) is 8.31. The van der Waals surface area contributed by atoms with Gasteiger partial charge in [-0.1, -0.05) is 57.7 Å². The van der Waals surface area contributed by atoms with E-state index in [0.29, 0.717) is 5.78 Å². The molecule has 1 aliphatic carbocycles. The molecule has 0 radical (unpaired) electrons. The average Bonchev–Trinajstić information content (AvgIpc) is 2.53. The number of rotatable bonds is 7. The van der Waals surface area contributed by atoms with E-state index in [0.717, 1.165) is 37.2 Å². The molecule has 1 fully saturated rings. The summed E-state index contributed by atoms with van der Waals surface area (Å²) in [6.45, 7) is 4.45. The van der Waals surface area contributed by atoms with E-state index in [-0.39, 0.29) is 5.92 Å². The van der Waals surface area contributed by atoms with Gasteiger partial charge in [-0.15, -0.1) is 0 Å². The third-order valence-corrected chi connectivity index (χ3v) is 4.93. The van der Waals surface area contributed by atoms with Crippen LogP contribution in [0.25, 0.3) is 0 Å². The van der Waals surface area contributed by atoms with E-state index < -0.39 is 0 Å². The number of Topliss-reactive ketones (excluding diaryl/α,β-unsaturated/α-hetero) is 1. The molecule has 1 aromatic carbocycles. The van der Waals surface area contributed by atoms with Crippen LogP contribution in [0.3, 0.4) is 0 Å². The third kappa shape index (κ3) is 4.69. The maximum absolute atomic E-state index is 12.7. The molecule has 0 saturated heterocycles. The van der Waals surface area contributed by atoms with Crippen molar-refractivity contribution in [3.63, 3.8) is 0 Å². The number of ketones is 1. The van der Waals surface area contributed by atoms with Crippen LogP contribution in [-0.4, -0.2) is 5.78 Å². The minimum absolute atomic E-state index is 0.278. The van der Waals surface area contributed by atoms with Gasteiger partial charge in [0, 0.05) is 11.5 Å². The smallest absolute Gasteiger partial charge is 0.165 e. The quantitative estimate of drug-likeness (QED) is 0.577. The summed E-state index contributed by atoms with van der Waals surface area (Å²) in [5, 5.41) is 0. The topological polar surface area (TPSA) is 17.1 Å². The van der Waals surface area contributed by atoms with Crippen molar-refractivity contribution in [3.8, 4) is 0 Å². The molecule has 1 heteroatoms. The summed E-state index contributed by atoms with van der Waals surface area (Å²) in [7, 11) is 0. The van der Waals surface area contributed by atoms with Crippen LogP contribution in [0.4, 0.5) is 0 Å². The van der Waals surface area contributed by atoms with E-state index in [2.05, 4.69) is 26.0 Å². The minimum atomic E-state index is 0.278. The van der Waals surface area contributed by atoms with E-state index in [9.17, 15) is 4.79 Å².